The first-order valence-corrected chi connectivity index (χ1v) is 10.0. The van der Waals surface area contributed by atoms with Crippen LogP contribution in [0.2, 0.25) is 5.02 Å². The van der Waals surface area contributed by atoms with Gasteiger partial charge in [-0.05, 0) is 55.9 Å². The first-order chi connectivity index (χ1) is 13.1. The van der Waals surface area contributed by atoms with Crippen molar-refractivity contribution < 1.29 is 9.53 Å². The van der Waals surface area contributed by atoms with Crippen LogP contribution in [0.15, 0.2) is 29.3 Å². The van der Waals surface area contributed by atoms with Gasteiger partial charge in [-0.25, -0.2) is 0 Å². The number of rotatable bonds is 8. The van der Waals surface area contributed by atoms with E-state index in [4.69, 9.17) is 16.3 Å². The molecule has 1 aliphatic heterocycles. The molecule has 0 aromatic heterocycles. The van der Waals surface area contributed by atoms with Gasteiger partial charge >= 0.3 is 0 Å². The molecule has 6 nitrogen and oxygen atoms in total. The summed E-state index contributed by atoms with van der Waals surface area (Å²) < 4.78 is 5.41. The summed E-state index contributed by atoms with van der Waals surface area (Å²) in [6.45, 7) is 3.46. The van der Waals surface area contributed by atoms with Gasteiger partial charge in [0.15, 0.2) is 5.96 Å². The number of anilines is 1. The van der Waals surface area contributed by atoms with Gasteiger partial charge in [-0.2, -0.15) is 0 Å². The molecule has 1 aliphatic rings. The Bertz CT molecular complexity index is 607. The highest BCUT2D eigenvalue weighted by Gasteiger charge is 2.15. The zero-order valence-corrected chi connectivity index (χ0v) is 19.8. The molecule has 158 valence electrons. The van der Waals surface area contributed by atoms with Crippen LogP contribution in [0.4, 0.5) is 5.69 Å². The highest BCUT2D eigenvalue weighted by Crippen LogP contribution is 2.18. The van der Waals surface area contributed by atoms with Crippen LogP contribution in [0.5, 0.6) is 0 Å². The average Bonchev–Trinajstić information content (AvgIpc) is 2.69. The largest absolute Gasteiger partial charge is 0.381 e. The van der Waals surface area contributed by atoms with Gasteiger partial charge in [0.05, 0.1) is 0 Å². The molecular weight excluding hydrogens is 491 g/mol. The van der Waals surface area contributed by atoms with Gasteiger partial charge in [0.1, 0.15) is 0 Å². The third-order valence-electron chi connectivity index (χ3n) is 4.78. The average molecular weight is 523 g/mol. The number of carbonyl (C=O) groups is 1. The Morgan fingerprint density at radius 2 is 1.96 bits per heavy atom. The lowest BCUT2D eigenvalue weighted by Crippen LogP contribution is -2.40. The van der Waals surface area contributed by atoms with Crippen molar-refractivity contribution in [1.82, 2.24) is 10.2 Å². The van der Waals surface area contributed by atoms with E-state index in [9.17, 15) is 4.79 Å². The van der Waals surface area contributed by atoms with E-state index in [-0.39, 0.29) is 29.9 Å². The van der Waals surface area contributed by atoms with E-state index in [1.165, 1.54) is 0 Å². The Morgan fingerprint density at radius 1 is 1.29 bits per heavy atom. The molecule has 0 radical (unpaired) electrons. The Kier molecular flexibility index (Phi) is 12.5. The van der Waals surface area contributed by atoms with Crippen LogP contribution in [0, 0.1) is 5.92 Å². The van der Waals surface area contributed by atoms with E-state index in [1.807, 2.05) is 0 Å². The van der Waals surface area contributed by atoms with Crippen molar-refractivity contribution in [1.29, 1.82) is 0 Å². The fraction of sp³-hybridized carbons (Fsp3) is 0.600. The van der Waals surface area contributed by atoms with Crippen molar-refractivity contribution in [2.75, 3.05) is 45.7 Å². The standard InChI is InChI=1S/C20H31ClN4O2.HI/c1-22-20(25(2)13-9-16-10-14-27-15-11-16)23-12-3-4-19(26)24-18-7-5-17(21)6-8-18;/h5-8,16H,3-4,9-15H2,1-2H3,(H,22,23)(H,24,26);1H. The molecule has 0 unspecified atom stereocenters. The van der Waals surface area contributed by atoms with Crippen molar-refractivity contribution >= 4 is 53.1 Å². The van der Waals surface area contributed by atoms with Crippen LogP contribution < -0.4 is 10.6 Å². The molecule has 0 bridgehead atoms. The zero-order valence-electron chi connectivity index (χ0n) is 16.7. The summed E-state index contributed by atoms with van der Waals surface area (Å²) in [6.07, 6.45) is 4.67. The van der Waals surface area contributed by atoms with Crippen molar-refractivity contribution in [2.45, 2.75) is 32.1 Å². The van der Waals surface area contributed by atoms with Crippen LogP contribution in [0.1, 0.15) is 32.1 Å². The summed E-state index contributed by atoms with van der Waals surface area (Å²) in [6, 6.07) is 7.12. The minimum absolute atomic E-state index is 0. The van der Waals surface area contributed by atoms with E-state index < -0.39 is 0 Å². The second-order valence-electron chi connectivity index (χ2n) is 6.90. The van der Waals surface area contributed by atoms with E-state index in [0.717, 1.165) is 63.0 Å². The van der Waals surface area contributed by atoms with E-state index in [2.05, 4.69) is 27.6 Å². The van der Waals surface area contributed by atoms with Crippen molar-refractivity contribution in [3.8, 4) is 0 Å². The smallest absolute Gasteiger partial charge is 0.224 e. The maximum atomic E-state index is 12.0. The molecule has 1 aromatic carbocycles. The van der Waals surface area contributed by atoms with Crippen molar-refractivity contribution in [3.63, 3.8) is 0 Å². The van der Waals surface area contributed by atoms with Crippen molar-refractivity contribution in [2.24, 2.45) is 10.9 Å². The molecule has 28 heavy (non-hydrogen) atoms. The van der Waals surface area contributed by atoms with E-state index in [0.29, 0.717) is 18.0 Å². The first kappa shape index (κ1) is 25.0. The molecular formula is C20H32ClIN4O2. The Labute approximate surface area is 190 Å². The summed E-state index contributed by atoms with van der Waals surface area (Å²) in [7, 11) is 3.85. The monoisotopic (exact) mass is 522 g/mol. The number of hydrogen-bond acceptors (Lipinski definition) is 3. The SMILES string of the molecule is CN=C(NCCCC(=O)Nc1ccc(Cl)cc1)N(C)CCC1CCOCC1.I. The van der Waals surface area contributed by atoms with E-state index in [1.54, 1.807) is 31.3 Å². The normalized spacial score (nSPS) is 14.9. The quantitative estimate of drug-likeness (QED) is 0.234. The molecule has 1 aromatic rings. The molecule has 2 N–H and O–H groups in total. The highest BCUT2D eigenvalue weighted by atomic mass is 127. The Balaban J connectivity index is 0.00000392. The third kappa shape index (κ3) is 9.43. The molecule has 1 heterocycles. The van der Waals surface area contributed by atoms with Gasteiger partial charge in [0.2, 0.25) is 5.91 Å². The molecule has 8 heteroatoms. The van der Waals surface area contributed by atoms with Crippen molar-refractivity contribution in [3.05, 3.63) is 29.3 Å². The number of halogens is 2. The van der Waals surface area contributed by atoms with Gasteiger partial charge < -0.3 is 20.3 Å². The third-order valence-corrected chi connectivity index (χ3v) is 5.03. The minimum atomic E-state index is 0. The summed E-state index contributed by atoms with van der Waals surface area (Å²) in [5.41, 5.74) is 0.765. The van der Waals surface area contributed by atoms with Crippen LogP contribution in [-0.2, 0) is 9.53 Å². The lowest BCUT2D eigenvalue weighted by Gasteiger charge is -2.26. The zero-order chi connectivity index (χ0) is 19.5. The van der Waals surface area contributed by atoms with Gasteiger partial charge in [-0.15, -0.1) is 24.0 Å². The molecule has 0 spiro atoms. The molecule has 1 amide bonds. The number of amides is 1. The second kappa shape index (κ2) is 14.0. The summed E-state index contributed by atoms with van der Waals surface area (Å²) in [5.74, 6) is 1.62. The lowest BCUT2D eigenvalue weighted by atomic mass is 9.96. The number of nitrogens with zero attached hydrogens (tertiary/aromatic N) is 2. The number of hydrogen-bond donors (Lipinski definition) is 2. The highest BCUT2D eigenvalue weighted by molar-refractivity contribution is 14.0. The van der Waals surface area contributed by atoms with Gasteiger partial charge in [-0.1, -0.05) is 11.6 Å². The lowest BCUT2D eigenvalue weighted by molar-refractivity contribution is -0.116. The van der Waals surface area contributed by atoms with Crippen LogP contribution in [-0.4, -0.2) is 57.2 Å². The predicted molar refractivity (Wildman–Crippen MR) is 127 cm³/mol. The summed E-state index contributed by atoms with van der Waals surface area (Å²) in [5, 5.41) is 6.87. The minimum Gasteiger partial charge on any atom is -0.381 e. The fourth-order valence-electron chi connectivity index (χ4n) is 3.11. The molecule has 1 fully saturated rings. The number of benzene rings is 1. The Hall–Kier alpha value is -1.06. The molecule has 0 aliphatic carbocycles. The topological polar surface area (TPSA) is 66.0 Å². The molecule has 0 saturated carbocycles. The number of carbonyl (C=O) groups excluding carboxylic acids is 1. The summed E-state index contributed by atoms with van der Waals surface area (Å²) >= 11 is 5.84. The van der Waals surface area contributed by atoms with Gasteiger partial charge in [0, 0.05) is 57.5 Å². The molecule has 0 atom stereocenters. The van der Waals surface area contributed by atoms with Crippen LogP contribution in [0.25, 0.3) is 0 Å². The first-order valence-electron chi connectivity index (χ1n) is 9.63. The Morgan fingerprint density at radius 3 is 2.61 bits per heavy atom. The number of aliphatic imine (C=N–C) groups is 1. The second-order valence-corrected chi connectivity index (χ2v) is 7.34. The van der Waals surface area contributed by atoms with Gasteiger partial charge in [-0.3, -0.25) is 9.79 Å². The van der Waals surface area contributed by atoms with Crippen LogP contribution >= 0.6 is 35.6 Å². The fourth-order valence-corrected chi connectivity index (χ4v) is 3.23. The number of ether oxygens (including phenoxy) is 1. The maximum absolute atomic E-state index is 12.0. The maximum Gasteiger partial charge on any atom is 0.224 e. The predicted octanol–water partition coefficient (Wildman–Crippen LogP) is 4.00. The molecule has 1 saturated heterocycles. The molecule has 2 rings (SSSR count). The van der Waals surface area contributed by atoms with Gasteiger partial charge in [0.25, 0.3) is 0 Å². The van der Waals surface area contributed by atoms with E-state index >= 15 is 0 Å². The number of guanidine groups is 1. The number of nitrogens with one attached hydrogen (secondary N) is 2. The summed E-state index contributed by atoms with van der Waals surface area (Å²) in [4.78, 5) is 18.5. The van der Waals surface area contributed by atoms with Crippen LogP contribution in [0.3, 0.4) is 0 Å².